The van der Waals surface area contributed by atoms with E-state index in [4.69, 9.17) is 0 Å². The van der Waals surface area contributed by atoms with Gasteiger partial charge in [-0.2, -0.15) is 0 Å². The lowest BCUT2D eigenvalue weighted by Crippen LogP contribution is -2.53. The van der Waals surface area contributed by atoms with Gasteiger partial charge in [0.05, 0.1) is 5.69 Å². The lowest BCUT2D eigenvalue weighted by molar-refractivity contribution is -0.130. The molecule has 0 bridgehead atoms. The fourth-order valence-corrected chi connectivity index (χ4v) is 3.30. The Hall–Kier alpha value is -1.99. The molecule has 1 heterocycles. The van der Waals surface area contributed by atoms with Crippen molar-refractivity contribution in [3.8, 4) is 0 Å². The van der Waals surface area contributed by atoms with Crippen molar-refractivity contribution in [2.24, 2.45) is 0 Å². The number of amides is 3. The Kier molecular flexibility index (Phi) is 4.55. The van der Waals surface area contributed by atoms with Gasteiger partial charge in [0.25, 0.3) is 5.91 Å². The number of hydrogen-bond donors (Lipinski definition) is 0. The van der Waals surface area contributed by atoms with Gasteiger partial charge in [-0.25, -0.2) is 9.69 Å². The van der Waals surface area contributed by atoms with Gasteiger partial charge in [-0.05, 0) is 62.4 Å². The zero-order valence-electron chi connectivity index (χ0n) is 13.5. The highest BCUT2D eigenvalue weighted by Crippen LogP contribution is 2.37. The fraction of sp³-hybridized carbons (Fsp3) is 0.167. The second-order valence-electron chi connectivity index (χ2n) is 5.84. The molecule has 1 unspecified atom stereocenters. The predicted molar refractivity (Wildman–Crippen MR) is 103 cm³/mol. The molecule has 1 aliphatic rings. The summed E-state index contributed by atoms with van der Waals surface area (Å²) >= 11 is 6.67. The van der Waals surface area contributed by atoms with E-state index < -0.39 is 23.3 Å². The SMILES string of the molecule is CC(=O)C1(C)C(=O)N(c2ccc(Br)cc2)C(=O)N1c1ccc(Br)cc1. The number of carbonyl (C=O) groups excluding carboxylic acids is 3. The molecule has 0 saturated carbocycles. The first-order chi connectivity index (χ1) is 11.8. The van der Waals surface area contributed by atoms with Crippen molar-refractivity contribution in [3.05, 3.63) is 57.5 Å². The number of hydrogen-bond acceptors (Lipinski definition) is 3. The summed E-state index contributed by atoms with van der Waals surface area (Å²) in [5, 5.41) is 0. The molecule has 0 N–H and O–H groups in total. The molecular formula is C18H14Br2N2O3. The van der Waals surface area contributed by atoms with E-state index in [1.807, 2.05) is 0 Å². The zero-order chi connectivity index (χ0) is 18.4. The molecule has 0 spiro atoms. The van der Waals surface area contributed by atoms with Crippen LogP contribution in [0.25, 0.3) is 0 Å². The summed E-state index contributed by atoms with van der Waals surface area (Å²) < 4.78 is 1.66. The van der Waals surface area contributed by atoms with Gasteiger partial charge in [-0.15, -0.1) is 0 Å². The van der Waals surface area contributed by atoms with Gasteiger partial charge in [0.1, 0.15) is 0 Å². The quantitative estimate of drug-likeness (QED) is 0.494. The van der Waals surface area contributed by atoms with Crippen LogP contribution in [0.4, 0.5) is 16.2 Å². The Balaban J connectivity index is 2.14. The van der Waals surface area contributed by atoms with Gasteiger partial charge in [0.15, 0.2) is 11.3 Å². The maximum Gasteiger partial charge on any atom is 0.337 e. The van der Waals surface area contributed by atoms with E-state index in [9.17, 15) is 14.4 Å². The van der Waals surface area contributed by atoms with Gasteiger partial charge in [-0.3, -0.25) is 14.5 Å². The molecule has 5 nitrogen and oxygen atoms in total. The number of Topliss-reactive ketones (excluding diaryl/α,β-unsaturated/α-hetero) is 1. The standard InChI is InChI=1S/C18H14Br2N2O3/c1-11(23)18(2)16(24)21(14-7-3-12(19)4-8-14)17(25)22(18)15-9-5-13(20)6-10-15/h3-10H,1-2H3. The van der Waals surface area contributed by atoms with Crippen molar-refractivity contribution in [3.63, 3.8) is 0 Å². The third-order valence-corrected chi connectivity index (χ3v) is 5.36. The van der Waals surface area contributed by atoms with Crippen LogP contribution in [0.15, 0.2) is 57.5 Å². The van der Waals surface area contributed by atoms with Gasteiger partial charge in [0.2, 0.25) is 0 Å². The number of anilines is 2. The summed E-state index contributed by atoms with van der Waals surface area (Å²) in [6, 6.07) is 13.2. The van der Waals surface area contributed by atoms with E-state index in [1.54, 1.807) is 48.5 Å². The first kappa shape index (κ1) is 17.8. The number of nitrogens with zero attached hydrogens (tertiary/aromatic N) is 2. The lowest BCUT2D eigenvalue weighted by atomic mass is 9.95. The van der Waals surface area contributed by atoms with Crippen molar-refractivity contribution in [1.29, 1.82) is 0 Å². The van der Waals surface area contributed by atoms with Crippen LogP contribution in [0, 0.1) is 0 Å². The van der Waals surface area contributed by atoms with Crippen molar-refractivity contribution >= 4 is 61.0 Å². The van der Waals surface area contributed by atoms with Gasteiger partial charge in [-0.1, -0.05) is 31.9 Å². The topological polar surface area (TPSA) is 57.7 Å². The summed E-state index contributed by atoms with van der Waals surface area (Å²) in [4.78, 5) is 40.8. The summed E-state index contributed by atoms with van der Waals surface area (Å²) in [5.41, 5.74) is -0.679. The average Bonchev–Trinajstić information content (AvgIpc) is 2.77. The van der Waals surface area contributed by atoms with Crippen LogP contribution in [0.3, 0.4) is 0 Å². The minimum absolute atomic E-state index is 0.395. The van der Waals surface area contributed by atoms with Gasteiger partial charge >= 0.3 is 6.03 Å². The van der Waals surface area contributed by atoms with E-state index >= 15 is 0 Å². The third kappa shape index (κ3) is 2.81. The van der Waals surface area contributed by atoms with Crippen LogP contribution in [0.1, 0.15) is 13.8 Å². The van der Waals surface area contributed by atoms with Gasteiger partial charge < -0.3 is 0 Å². The molecule has 128 valence electrons. The predicted octanol–water partition coefficient (Wildman–Crippen LogP) is 4.53. The molecule has 1 fully saturated rings. The summed E-state index contributed by atoms with van der Waals surface area (Å²) in [7, 11) is 0. The van der Waals surface area contributed by atoms with Crippen LogP contribution in [-0.4, -0.2) is 23.3 Å². The van der Waals surface area contributed by atoms with Crippen LogP contribution in [-0.2, 0) is 9.59 Å². The monoisotopic (exact) mass is 464 g/mol. The first-order valence-corrected chi connectivity index (χ1v) is 9.06. The summed E-state index contributed by atoms with van der Waals surface area (Å²) in [5.74, 6) is -0.955. The molecule has 7 heteroatoms. The van der Waals surface area contributed by atoms with Gasteiger partial charge in [0, 0.05) is 14.6 Å². The zero-order valence-corrected chi connectivity index (χ0v) is 16.7. The smallest absolute Gasteiger partial charge is 0.297 e. The first-order valence-electron chi connectivity index (χ1n) is 7.47. The van der Waals surface area contributed by atoms with E-state index in [0.717, 1.165) is 13.8 Å². The number of urea groups is 1. The molecular weight excluding hydrogens is 452 g/mol. The molecule has 1 aliphatic heterocycles. The van der Waals surface area contributed by atoms with Crippen LogP contribution in [0.2, 0.25) is 0 Å². The van der Waals surface area contributed by atoms with Crippen molar-refractivity contribution < 1.29 is 14.4 Å². The normalized spacial score (nSPS) is 20.3. The highest BCUT2D eigenvalue weighted by molar-refractivity contribution is 9.10. The lowest BCUT2D eigenvalue weighted by Gasteiger charge is -2.29. The Morgan fingerprint density at radius 3 is 1.76 bits per heavy atom. The minimum atomic E-state index is -1.59. The molecule has 0 aromatic heterocycles. The minimum Gasteiger partial charge on any atom is -0.297 e. The molecule has 25 heavy (non-hydrogen) atoms. The summed E-state index contributed by atoms with van der Waals surface area (Å²) in [6.07, 6.45) is 0. The van der Waals surface area contributed by atoms with E-state index in [-0.39, 0.29) is 0 Å². The van der Waals surface area contributed by atoms with Crippen molar-refractivity contribution in [2.75, 3.05) is 9.80 Å². The Morgan fingerprint density at radius 2 is 1.32 bits per heavy atom. The molecule has 1 atom stereocenters. The van der Waals surface area contributed by atoms with Crippen molar-refractivity contribution in [1.82, 2.24) is 0 Å². The van der Waals surface area contributed by atoms with E-state index in [0.29, 0.717) is 11.4 Å². The average molecular weight is 466 g/mol. The maximum atomic E-state index is 13.1. The number of benzene rings is 2. The second-order valence-corrected chi connectivity index (χ2v) is 7.67. The number of ketones is 1. The van der Waals surface area contributed by atoms with E-state index in [2.05, 4.69) is 31.9 Å². The van der Waals surface area contributed by atoms with Crippen LogP contribution in [0.5, 0.6) is 0 Å². The maximum absolute atomic E-state index is 13.1. The van der Waals surface area contributed by atoms with Crippen LogP contribution >= 0.6 is 31.9 Å². The number of rotatable bonds is 3. The molecule has 3 rings (SSSR count). The largest absolute Gasteiger partial charge is 0.337 e. The molecule has 3 amide bonds. The molecule has 2 aromatic rings. The number of carbonyl (C=O) groups is 3. The van der Waals surface area contributed by atoms with E-state index in [1.165, 1.54) is 18.7 Å². The number of imide groups is 1. The fourth-order valence-electron chi connectivity index (χ4n) is 2.78. The molecule has 1 saturated heterocycles. The number of halogens is 2. The Labute approximate surface area is 161 Å². The Bertz CT molecular complexity index is 865. The molecule has 0 radical (unpaired) electrons. The molecule has 2 aromatic carbocycles. The third-order valence-electron chi connectivity index (χ3n) is 4.30. The van der Waals surface area contributed by atoms with Crippen LogP contribution < -0.4 is 9.80 Å². The Morgan fingerprint density at radius 1 is 0.880 bits per heavy atom. The highest BCUT2D eigenvalue weighted by atomic mass is 79.9. The summed E-state index contributed by atoms with van der Waals surface area (Å²) in [6.45, 7) is 2.80. The molecule has 0 aliphatic carbocycles. The highest BCUT2D eigenvalue weighted by Gasteiger charge is 2.58. The van der Waals surface area contributed by atoms with Crippen molar-refractivity contribution in [2.45, 2.75) is 19.4 Å². The second kappa shape index (κ2) is 6.38.